The van der Waals surface area contributed by atoms with Crippen molar-refractivity contribution < 1.29 is 9.90 Å². The van der Waals surface area contributed by atoms with Crippen LogP contribution in [0.25, 0.3) is 0 Å². The summed E-state index contributed by atoms with van der Waals surface area (Å²) in [5.74, 6) is 1.81. The van der Waals surface area contributed by atoms with E-state index in [2.05, 4.69) is 34.3 Å². The van der Waals surface area contributed by atoms with Crippen LogP contribution in [0.15, 0.2) is 12.7 Å². The van der Waals surface area contributed by atoms with Gasteiger partial charge in [0, 0.05) is 17.3 Å². The van der Waals surface area contributed by atoms with Crippen molar-refractivity contribution in [3.63, 3.8) is 0 Å². The molecule has 2 nitrogen and oxygen atoms in total. The summed E-state index contributed by atoms with van der Waals surface area (Å²) in [6.45, 7) is 13.0. The molecule has 0 aromatic rings. The van der Waals surface area contributed by atoms with Gasteiger partial charge in [-0.15, -0.1) is 6.58 Å². The second kappa shape index (κ2) is 5.44. The van der Waals surface area contributed by atoms with Crippen molar-refractivity contribution in [3.8, 4) is 0 Å². The lowest BCUT2D eigenvalue weighted by Crippen LogP contribution is -2.70. The van der Waals surface area contributed by atoms with Gasteiger partial charge in [0.25, 0.3) is 0 Å². The van der Waals surface area contributed by atoms with Gasteiger partial charge in [0.05, 0.1) is 6.10 Å². The molecule has 7 atom stereocenters. The van der Waals surface area contributed by atoms with E-state index in [1.165, 1.54) is 0 Å². The first-order chi connectivity index (χ1) is 10.8. The molecule has 0 heterocycles. The third-order valence-electron chi connectivity index (χ3n) is 8.16. The fourth-order valence-corrected chi connectivity index (χ4v) is 6.91. The largest absolute Gasteiger partial charge is 0.392 e. The van der Waals surface area contributed by atoms with Crippen molar-refractivity contribution in [1.29, 1.82) is 0 Å². The molecule has 0 aliphatic heterocycles. The summed E-state index contributed by atoms with van der Waals surface area (Å²) >= 11 is 0. The van der Waals surface area contributed by atoms with Gasteiger partial charge in [-0.2, -0.15) is 0 Å². The fraction of sp³-hybridized carbons (Fsp3) is 0.857. The lowest BCUT2D eigenvalue weighted by atomic mass is 9.31. The smallest absolute Gasteiger partial charge is 0.139 e. The Balaban J connectivity index is 2.03. The van der Waals surface area contributed by atoms with Gasteiger partial charge in [-0.1, -0.05) is 40.2 Å². The van der Waals surface area contributed by atoms with Crippen LogP contribution in [-0.4, -0.2) is 17.0 Å². The summed E-state index contributed by atoms with van der Waals surface area (Å²) < 4.78 is 0. The number of aliphatic hydroxyl groups is 1. The van der Waals surface area contributed by atoms with Crippen molar-refractivity contribution in [1.82, 2.24) is 0 Å². The van der Waals surface area contributed by atoms with Crippen LogP contribution in [0.4, 0.5) is 0 Å². The minimum absolute atomic E-state index is 0.0671. The highest BCUT2D eigenvalue weighted by atomic mass is 16.3. The summed E-state index contributed by atoms with van der Waals surface area (Å²) in [5.41, 5.74) is -0.0905. The zero-order chi connectivity index (χ0) is 17.0. The Morgan fingerprint density at radius 3 is 2.65 bits per heavy atom. The van der Waals surface area contributed by atoms with E-state index in [9.17, 15) is 9.90 Å². The van der Waals surface area contributed by atoms with E-state index in [-0.39, 0.29) is 28.3 Å². The van der Waals surface area contributed by atoms with Crippen LogP contribution in [0.5, 0.6) is 0 Å². The molecule has 2 bridgehead atoms. The molecule has 4 unspecified atom stereocenters. The Morgan fingerprint density at radius 2 is 2.04 bits per heavy atom. The molecule has 0 aromatic heterocycles. The maximum Gasteiger partial charge on any atom is 0.139 e. The Kier molecular flexibility index (Phi) is 4.07. The molecule has 130 valence electrons. The molecule has 1 N–H and O–H groups in total. The quantitative estimate of drug-likeness (QED) is 0.762. The van der Waals surface area contributed by atoms with Crippen molar-refractivity contribution in [2.75, 3.05) is 0 Å². The van der Waals surface area contributed by atoms with E-state index >= 15 is 0 Å². The average Bonchev–Trinajstić information content (AvgIpc) is 2.52. The van der Waals surface area contributed by atoms with E-state index in [1.807, 2.05) is 6.08 Å². The van der Waals surface area contributed by atoms with Gasteiger partial charge in [-0.3, -0.25) is 4.79 Å². The predicted octanol–water partition coefficient (Wildman–Crippen LogP) is 4.76. The average molecular weight is 319 g/mol. The third kappa shape index (κ3) is 2.06. The molecule has 0 aromatic carbocycles. The van der Waals surface area contributed by atoms with E-state index in [0.29, 0.717) is 17.6 Å². The highest BCUT2D eigenvalue weighted by Gasteiger charge is 2.72. The zero-order valence-corrected chi connectivity index (χ0v) is 15.4. The maximum absolute atomic E-state index is 12.8. The third-order valence-corrected chi connectivity index (χ3v) is 8.16. The lowest BCUT2D eigenvalue weighted by molar-refractivity contribution is -0.240. The fourth-order valence-electron chi connectivity index (χ4n) is 6.91. The molecule has 23 heavy (non-hydrogen) atoms. The maximum atomic E-state index is 12.8. The monoisotopic (exact) mass is 318 g/mol. The first-order valence-electron chi connectivity index (χ1n) is 9.62. The van der Waals surface area contributed by atoms with Crippen LogP contribution < -0.4 is 0 Å². The Hall–Kier alpha value is -0.630. The van der Waals surface area contributed by atoms with Crippen LogP contribution >= 0.6 is 0 Å². The highest BCUT2D eigenvalue weighted by molar-refractivity contribution is 5.88. The van der Waals surface area contributed by atoms with Gasteiger partial charge in [-0.05, 0) is 55.3 Å². The Morgan fingerprint density at radius 1 is 1.35 bits per heavy atom. The van der Waals surface area contributed by atoms with Crippen LogP contribution in [0, 0.1) is 34.0 Å². The first-order valence-corrected chi connectivity index (χ1v) is 9.62. The van der Waals surface area contributed by atoms with Gasteiger partial charge in [0.2, 0.25) is 0 Å². The minimum Gasteiger partial charge on any atom is -0.392 e. The minimum atomic E-state index is -0.345. The highest BCUT2D eigenvalue weighted by Crippen LogP contribution is 2.74. The van der Waals surface area contributed by atoms with E-state index in [4.69, 9.17) is 0 Å². The number of aliphatic hydroxyl groups excluding tert-OH is 1. The second-order valence-electron chi connectivity index (χ2n) is 9.18. The Bertz CT molecular complexity index is 512. The summed E-state index contributed by atoms with van der Waals surface area (Å²) in [6.07, 6.45) is 8.57. The van der Waals surface area contributed by atoms with Gasteiger partial charge >= 0.3 is 0 Å². The van der Waals surface area contributed by atoms with E-state index < -0.39 is 0 Å². The van der Waals surface area contributed by atoms with E-state index in [1.54, 1.807) is 0 Å². The standard InChI is InChI=1S/C21H34O2/c1-6-10-21-13-20(12-9-16(21)22)15(4)18(23)19(5,7-2)11-8-14(3)17(20)21/h7,14-15,17-18,23H,2,6,8-13H2,1,3-5H3/t14?,15-,17?,18?,19+,20+,21?/m0/s1. The van der Waals surface area contributed by atoms with Crippen LogP contribution in [0.2, 0.25) is 0 Å². The molecule has 3 saturated carbocycles. The number of carbonyl (C=O) groups is 1. The summed E-state index contributed by atoms with van der Waals surface area (Å²) in [4.78, 5) is 12.8. The molecule has 2 heteroatoms. The number of hydrogen-bond donors (Lipinski definition) is 1. The lowest BCUT2D eigenvalue weighted by Gasteiger charge is -2.72. The van der Waals surface area contributed by atoms with Crippen molar-refractivity contribution >= 4 is 5.78 Å². The van der Waals surface area contributed by atoms with Gasteiger partial charge in [0.15, 0.2) is 0 Å². The molecule has 1 spiro atoms. The summed E-state index contributed by atoms with van der Waals surface area (Å²) in [6, 6.07) is 0. The van der Waals surface area contributed by atoms with Crippen molar-refractivity contribution in [2.24, 2.45) is 34.0 Å². The number of carbonyl (C=O) groups excluding carboxylic acids is 1. The van der Waals surface area contributed by atoms with Crippen molar-refractivity contribution in [3.05, 3.63) is 12.7 Å². The molecule has 0 amide bonds. The topological polar surface area (TPSA) is 37.3 Å². The molecule has 3 aliphatic rings. The molecular formula is C21H34O2. The number of Topliss-reactive ketones (excluding diaryl/α,β-unsaturated/α-hetero) is 1. The van der Waals surface area contributed by atoms with Crippen molar-refractivity contribution in [2.45, 2.75) is 78.7 Å². The summed E-state index contributed by atoms with van der Waals surface area (Å²) in [7, 11) is 0. The van der Waals surface area contributed by atoms with E-state index in [0.717, 1.165) is 44.9 Å². The van der Waals surface area contributed by atoms with Crippen LogP contribution in [0.3, 0.4) is 0 Å². The van der Waals surface area contributed by atoms with Gasteiger partial charge < -0.3 is 5.11 Å². The van der Waals surface area contributed by atoms with Gasteiger partial charge in [0.1, 0.15) is 5.78 Å². The molecule has 0 radical (unpaired) electrons. The molecule has 0 saturated heterocycles. The normalized spacial score (nSPS) is 52.8. The SMILES string of the molecule is C=C[C@]1(C)CCC(C)C2C3(CCC)C[C@]2(CCC3=O)[C@@H](C)C1O. The number of rotatable bonds is 3. The van der Waals surface area contributed by atoms with Gasteiger partial charge in [-0.25, -0.2) is 0 Å². The molecule has 3 aliphatic carbocycles. The molecule has 3 fully saturated rings. The number of fused-ring (bicyclic) bond motifs is 2. The second-order valence-corrected chi connectivity index (χ2v) is 9.18. The summed E-state index contributed by atoms with van der Waals surface area (Å²) in [5, 5.41) is 11.1. The number of ketones is 1. The zero-order valence-electron chi connectivity index (χ0n) is 15.4. The molecule has 3 rings (SSSR count). The predicted molar refractivity (Wildman–Crippen MR) is 94.0 cm³/mol. The first kappa shape index (κ1) is 17.2. The van der Waals surface area contributed by atoms with Crippen LogP contribution in [0.1, 0.15) is 72.6 Å². The number of hydrogen-bond acceptors (Lipinski definition) is 2. The Labute approximate surface area is 141 Å². The molecular weight excluding hydrogens is 284 g/mol. The van der Waals surface area contributed by atoms with Crippen LogP contribution in [-0.2, 0) is 4.79 Å².